The van der Waals surface area contributed by atoms with Gasteiger partial charge in [0.15, 0.2) is 5.17 Å². The molecule has 1 heterocycles. The first-order chi connectivity index (χ1) is 12.7. The summed E-state index contributed by atoms with van der Waals surface area (Å²) in [6.07, 6.45) is 2.45. The third kappa shape index (κ3) is 4.32. The van der Waals surface area contributed by atoms with Gasteiger partial charge in [0.05, 0.1) is 25.1 Å². The quantitative estimate of drug-likeness (QED) is 0.574. The number of rotatable bonds is 6. The predicted octanol–water partition coefficient (Wildman–Crippen LogP) is 3.94. The van der Waals surface area contributed by atoms with E-state index in [0.29, 0.717) is 11.7 Å². The molecule has 0 radical (unpaired) electrons. The molecule has 1 amide bonds. The fourth-order valence-corrected chi connectivity index (χ4v) is 3.62. The number of ether oxygens (including phenoxy) is 1. The maximum absolute atomic E-state index is 12.6. The molecule has 1 fully saturated rings. The molecular weight excluding hydrogens is 346 g/mol. The van der Waals surface area contributed by atoms with Crippen LogP contribution in [-0.2, 0) is 11.3 Å². The lowest BCUT2D eigenvalue weighted by Crippen LogP contribution is -2.31. The van der Waals surface area contributed by atoms with Crippen LogP contribution >= 0.6 is 11.8 Å². The van der Waals surface area contributed by atoms with Crippen molar-refractivity contribution in [2.45, 2.75) is 25.1 Å². The van der Waals surface area contributed by atoms with Crippen LogP contribution in [0.1, 0.15) is 24.5 Å². The zero-order valence-corrected chi connectivity index (χ0v) is 15.6. The molecule has 0 spiro atoms. The molecule has 1 aliphatic rings. The van der Waals surface area contributed by atoms with Crippen molar-refractivity contribution in [3.8, 4) is 5.75 Å². The van der Waals surface area contributed by atoms with E-state index in [1.807, 2.05) is 61.5 Å². The number of carbonyl (C=O) groups excluding carboxylic acids is 1. The summed E-state index contributed by atoms with van der Waals surface area (Å²) in [5.74, 6) is 0.894. The van der Waals surface area contributed by atoms with Crippen molar-refractivity contribution in [2.75, 3.05) is 7.11 Å². The Balaban J connectivity index is 1.76. The Morgan fingerprint density at radius 3 is 2.54 bits per heavy atom. The van der Waals surface area contributed by atoms with E-state index in [2.05, 4.69) is 10.2 Å². The number of amides is 1. The van der Waals surface area contributed by atoms with Crippen LogP contribution in [0.4, 0.5) is 0 Å². The monoisotopic (exact) mass is 367 g/mol. The molecule has 2 aromatic rings. The van der Waals surface area contributed by atoms with Crippen molar-refractivity contribution in [3.05, 3.63) is 65.7 Å². The highest BCUT2D eigenvalue weighted by Crippen LogP contribution is 2.30. The SMILES string of the molecule is CCC1S/C(=N\N=C\c2ccc(OC)cc2)N(Cc2ccccc2)C1=O. The molecule has 3 rings (SSSR count). The van der Waals surface area contributed by atoms with Crippen molar-refractivity contribution in [3.63, 3.8) is 0 Å². The Morgan fingerprint density at radius 1 is 1.15 bits per heavy atom. The van der Waals surface area contributed by atoms with Crippen LogP contribution in [0.2, 0.25) is 0 Å². The van der Waals surface area contributed by atoms with E-state index in [1.54, 1.807) is 18.2 Å². The summed E-state index contributed by atoms with van der Waals surface area (Å²) in [6.45, 7) is 2.53. The minimum Gasteiger partial charge on any atom is -0.497 e. The minimum atomic E-state index is -0.0892. The minimum absolute atomic E-state index is 0.0892. The Kier molecular flexibility index (Phi) is 6.07. The fourth-order valence-electron chi connectivity index (χ4n) is 2.59. The average Bonchev–Trinajstić information content (AvgIpc) is 2.98. The Morgan fingerprint density at radius 2 is 1.88 bits per heavy atom. The van der Waals surface area contributed by atoms with Crippen molar-refractivity contribution in [2.24, 2.45) is 10.2 Å². The second-order valence-corrected chi connectivity index (χ2v) is 6.99. The summed E-state index contributed by atoms with van der Waals surface area (Å²) in [7, 11) is 1.63. The van der Waals surface area contributed by atoms with Gasteiger partial charge in [0.1, 0.15) is 5.75 Å². The highest BCUT2D eigenvalue weighted by atomic mass is 32.2. The number of thioether (sulfide) groups is 1. The molecule has 2 aromatic carbocycles. The number of carbonyl (C=O) groups is 1. The van der Waals surface area contributed by atoms with Gasteiger partial charge in [-0.25, -0.2) is 0 Å². The second kappa shape index (κ2) is 8.67. The molecule has 0 N–H and O–H groups in total. The normalized spacial score (nSPS) is 18.8. The van der Waals surface area contributed by atoms with E-state index in [-0.39, 0.29) is 11.2 Å². The van der Waals surface area contributed by atoms with Gasteiger partial charge < -0.3 is 4.74 Å². The van der Waals surface area contributed by atoms with Gasteiger partial charge in [0.2, 0.25) is 5.91 Å². The summed E-state index contributed by atoms with van der Waals surface area (Å²) >= 11 is 1.48. The van der Waals surface area contributed by atoms with Crippen LogP contribution in [0.15, 0.2) is 64.8 Å². The maximum atomic E-state index is 12.6. The van der Waals surface area contributed by atoms with E-state index in [9.17, 15) is 4.79 Å². The predicted molar refractivity (Wildman–Crippen MR) is 107 cm³/mol. The van der Waals surface area contributed by atoms with Crippen LogP contribution < -0.4 is 4.74 Å². The largest absolute Gasteiger partial charge is 0.497 e. The van der Waals surface area contributed by atoms with Crippen LogP contribution in [0.25, 0.3) is 0 Å². The first kappa shape index (κ1) is 18.2. The van der Waals surface area contributed by atoms with E-state index >= 15 is 0 Å². The molecule has 26 heavy (non-hydrogen) atoms. The molecule has 0 bridgehead atoms. The fraction of sp³-hybridized carbons (Fsp3) is 0.250. The molecule has 1 atom stereocenters. The number of hydrogen-bond acceptors (Lipinski definition) is 5. The van der Waals surface area contributed by atoms with Crippen LogP contribution in [0.3, 0.4) is 0 Å². The highest BCUT2D eigenvalue weighted by Gasteiger charge is 2.36. The van der Waals surface area contributed by atoms with Gasteiger partial charge in [0.25, 0.3) is 0 Å². The van der Waals surface area contributed by atoms with Gasteiger partial charge in [-0.05, 0) is 41.8 Å². The summed E-state index contributed by atoms with van der Waals surface area (Å²) in [4.78, 5) is 14.3. The Hall–Kier alpha value is -2.60. The maximum Gasteiger partial charge on any atom is 0.242 e. The molecule has 5 nitrogen and oxygen atoms in total. The molecule has 0 saturated carbocycles. The summed E-state index contributed by atoms with van der Waals surface area (Å²) < 4.78 is 5.14. The lowest BCUT2D eigenvalue weighted by atomic mass is 10.2. The zero-order chi connectivity index (χ0) is 18.4. The van der Waals surface area contributed by atoms with Crippen molar-refractivity contribution in [1.82, 2.24) is 4.90 Å². The van der Waals surface area contributed by atoms with Gasteiger partial charge in [-0.15, -0.1) is 5.10 Å². The lowest BCUT2D eigenvalue weighted by molar-refractivity contribution is -0.126. The van der Waals surface area contributed by atoms with Gasteiger partial charge in [-0.2, -0.15) is 5.10 Å². The van der Waals surface area contributed by atoms with Crippen LogP contribution in [0, 0.1) is 0 Å². The van der Waals surface area contributed by atoms with E-state index in [0.717, 1.165) is 23.3 Å². The van der Waals surface area contributed by atoms with E-state index < -0.39 is 0 Å². The molecular formula is C20H21N3O2S. The Labute approximate surface area is 157 Å². The average molecular weight is 367 g/mol. The third-order valence-electron chi connectivity index (χ3n) is 4.04. The van der Waals surface area contributed by atoms with Crippen molar-refractivity contribution in [1.29, 1.82) is 0 Å². The number of methoxy groups -OCH3 is 1. The number of benzene rings is 2. The van der Waals surface area contributed by atoms with Crippen LogP contribution in [-0.4, -0.2) is 34.5 Å². The van der Waals surface area contributed by atoms with E-state index in [1.165, 1.54) is 11.8 Å². The zero-order valence-electron chi connectivity index (χ0n) is 14.8. The van der Waals surface area contributed by atoms with Gasteiger partial charge >= 0.3 is 0 Å². The van der Waals surface area contributed by atoms with Gasteiger partial charge in [-0.1, -0.05) is 49.0 Å². The van der Waals surface area contributed by atoms with Gasteiger partial charge in [0, 0.05) is 0 Å². The molecule has 0 aromatic heterocycles. The standard InChI is InChI=1S/C20H21N3O2S/c1-3-18-19(24)23(14-16-7-5-4-6-8-16)20(26-18)22-21-13-15-9-11-17(25-2)12-10-15/h4-13,18H,3,14H2,1-2H3/b21-13+,22-20-. The smallest absolute Gasteiger partial charge is 0.242 e. The molecule has 1 unspecified atom stereocenters. The number of hydrogen-bond donors (Lipinski definition) is 0. The van der Waals surface area contributed by atoms with Crippen molar-refractivity contribution >= 4 is 29.1 Å². The van der Waals surface area contributed by atoms with Crippen LogP contribution in [0.5, 0.6) is 5.75 Å². The van der Waals surface area contributed by atoms with Crippen molar-refractivity contribution < 1.29 is 9.53 Å². The summed E-state index contributed by atoms with van der Waals surface area (Å²) in [6, 6.07) is 17.5. The molecule has 1 aliphatic heterocycles. The lowest BCUT2D eigenvalue weighted by Gasteiger charge is -2.15. The first-order valence-electron chi connectivity index (χ1n) is 8.48. The Bertz CT molecular complexity index is 804. The highest BCUT2D eigenvalue weighted by molar-refractivity contribution is 8.15. The summed E-state index contributed by atoms with van der Waals surface area (Å²) in [5.41, 5.74) is 2.00. The first-order valence-corrected chi connectivity index (χ1v) is 9.36. The number of nitrogens with zero attached hydrogens (tertiary/aromatic N) is 3. The number of amidine groups is 1. The molecule has 0 aliphatic carbocycles. The van der Waals surface area contributed by atoms with Gasteiger partial charge in [-0.3, -0.25) is 9.69 Å². The summed E-state index contributed by atoms with van der Waals surface area (Å²) in [5, 5.41) is 9.05. The molecule has 1 saturated heterocycles. The third-order valence-corrected chi connectivity index (χ3v) is 5.37. The topological polar surface area (TPSA) is 54.3 Å². The van der Waals surface area contributed by atoms with E-state index in [4.69, 9.17) is 4.74 Å². The second-order valence-electron chi connectivity index (χ2n) is 5.83. The molecule has 6 heteroatoms. The molecule has 134 valence electrons.